The SMILES string of the molecule is O=C(Nc1cc(Cl)c(O)c(Cl)c1)C1COCCO1. The largest absolute Gasteiger partial charge is 0.505 e. The predicted octanol–water partition coefficient (Wildman–Crippen LogP) is 2.05. The van der Waals surface area contributed by atoms with Gasteiger partial charge in [0.05, 0.1) is 29.9 Å². The van der Waals surface area contributed by atoms with Gasteiger partial charge in [0.25, 0.3) is 5.91 Å². The van der Waals surface area contributed by atoms with Crippen LogP contribution >= 0.6 is 23.2 Å². The second kappa shape index (κ2) is 5.75. The molecular formula is C11H11Cl2NO4. The summed E-state index contributed by atoms with van der Waals surface area (Å²) in [4.78, 5) is 11.8. The number of aromatic hydroxyl groups is 1. The molecule has 1 aromatic carbocycles. The highest BCUT2D eigenvalue weighted by Crippen LogP contribution is 2.34. The molecule has 0 spiro atoms. The van der Waals surface area contributed by atoms with Crippen molar-refractivity contribution in [1.82, 2.24) is 0 Å². The van der Waals surface area contributed by atoms with Gasteiger partial charge in [0.1, 0.15) is 0 Å². The summed E-state index contributed by atoms with van der Waals surface area (Å²) >= 11 is 11.5. The number of carbonyl (C=O) groups is 1. The van der Waals surface area contributed by atoms with Gasteiger partial charge in [-0.25, -0.2) is 0 Å². The minimum Gasteiger partial charge on any atom is -0.505 e. The summed E-state index contributed by atoms with van der Waals surface area (Å²) in [5, 5.41) is 12.1. The molecule has 1 aliphatic heterocycles. The molecule has 2 N–H and O–H groups in total. The molecule has 0 bridgehead atoms. The van der Waals surface area contributed by atoms with E-state index in [0.29, 0.717) is 18.9 Å². The van der Waals surface area contributed by atoms with E-state index in [9.17, 15) is 9.90 Å². The van der Waals surface area contributed by atoms with Crippen molar-refractivity contribution in [3.8, 4) is 5.75 Å². The fourth-order valence-corrected chi connectivity index (χ4v) is 1.99. The third-order valence-corrected chi connectivity index (χ3v) is 2.97. The smallest absolute Gasteiger partial charge is 0.255 e. The van der Waals surface area contributed by atoms with Crippen LogP contribution in [0.2, 0.25) is 10.0 Å². The Morgan fingerprint density at radius 2 is 2.00 bits per heavy atom. The van der Waals surface area contributed by atoms with E-state index in [2.05, 4.69) is 5.32 Å². The molecule has 1 amide bonds. The molecule has 18 heavy (non-hydrogen) atoms. The summed E-state index contributed by atoms with van der Waals surface area (Å²) in [7, 11) is 0. The average molecular weight is 292 g/mol. The van der Waals surface area contributed by atoms with Crippen molar-refractivity contribution < 1.29 is 19.4 Å². The van der Waals surface area contributed by atoms with Gasteiger partial charge in [0.2, 0.25) is 0 Å². The summed E-state index contributed by atoms with van der Waals surface area (Å²) in [5.41, 5.74) is 0.391. The van der Waals surface area contributed by atoms with Crippen molar-refractivity contribution in [2.24, 2.45) is 0 Å². The van der Waals surface area contributed by atoms with Gasteiger partial charge in [0.15, 0.2) is 11.9 Å². The average Bonchev–Trinajstić information content (AvgIpc) is 2.37. The first kappa shape index (κ1) is 13.4. The molecule has 2 rings (SSSR count). The monoisotopic (exact) mass is 291 g/mol. The molecule has 0 radical (unpaired) electrons. The highest BCUT2D eigenvalue weighted by Gasteiger charge is 2.23. The number of hydrogen-bond donors (Lipinski definition) is 2. The number of phenols is 1. The van der Waals surface area contributed by atoms with E-state index in [1.54, 1.807) is 0 Å². The quantitative estimate of drug-likeness (QED) is 0.819. The molecule has 1 saturated heterocycles. The van der Waals surface area contributed by atoms with Crippen molar-refractivity contribution in [3.05, 3.63) is 22.2 Å². The Bertz CT molecular complexity index is 437. The lowest BCUT2D eigenvalue weighted by molar-refractivity contribution is -0.142. The third kappa shape index (κ3) is 3.05. The van der Waals surface area contributed by atoms with Crippen LogP contribution in [0, 0.1) is 0 Å². The van der Waals surface area contributed by atoms with Crippen molar-refractivity contribution in [1.29, 1.82) is 0 Å². The Labute approximate surface area is 114 Å². The standard InChI is InChI=1S/C11H11Cl2NO4/c12-7-3-6(4-8(13)10(7)15)14-11(16)9-5-17-1-2-18-9/h3-4,9,15H,1-2,5H2,(H,14,16). The summed E-state index contributed by atoms with van der Waals surface area (Å²) in [5.74, 6) is -0.555. The lowest BCUT2D eigenvalue weighted by Gasteiger charge is -2.22. The highest BCUT2D eigenvalue weighted by atomic mass is 35.5. The van der Waals surface area contributed by atoms with E-state index in [-0.39, 0.29) is 28.3 Å². The van der Waals surface area contributed by atoms with Gasteiger partial charge in [-0.05, 0) is 12.1 Å². The van der Waals surface area contributed by atoms with Crippen LogP contribution in [0.1, 0.15) is 0 Å². The number of rotatable bonds is 2. The van der Waals surface area contributed by atoms with E-state index in [0.717, 1.165) is 0 Å². The summed E-state index contributed by atoms with van der Waals surface area (Å²) < 4.78 is 10.4. The number of halogens is 2. The van der Waals surface area contributed by atoms with Gasteiger partial charge in [0, 0.05) is 5.69 Å². The van der Waals surface area contributed by atoms with Gasteiger partial charge in [-0.15, -0.1) is 0 Å². The fraction of sp³-hybridized carbons (Fsp3) is 0.364. The van der Waals surface area contributed by atoms with Gasteiger partial charge in [-0.1, -0.05) is 23.2 Å². The second-order valence-electron chi connectivity index (χ2n) is 3.71. The highest BCUT2D eigenvalue weighted by molar-refractivity contribution is 6.37. The minimum absolute atomic E-state index is 0.0682. The van der Waals surface area contributed by atoms with Crippen LogP contribution < -0.4 is 5.32 Å². The molecule has 1 unspecified atom stereocenters. The van der Waals surface area contributed by atoms with E-state index in [1.807, 2.05) is 0 Å². The Kier molecular flexibility index (Phi) is 4.29. The fourth-order valence-electron chi connectivity index (χ4n) is 1.50. The number of phenolic OH excluding ortho intramolecular Hbond substituents is 1. The number of benzene rings is 1. The number of nitrogens with one attached hydrogen (secondary N) is 1. The topological polar surface area (TPSA) is 67.8 Å². The van der Waals surface area contributed by atoms with Crippen LogP contribution in [0.3, 0.4) is 0 Å². The van der Waals surface area contributed by atoms with E-state index < -0.39 is 6.10 Å². The summed E-state index contributed by atoms with van der Waals surface area (Å²) in [6.45, 7) is 1.08. The van der Waals surface area contributed by atoms with Crippen LogP contribution in [-0.2, 0) is 14.3 Å². The summed E-state index contributed by atoms with van der Waals surface area (Å²) in [6.07, 6.45) is -0.648. The van der Waals surface area contributed by atoms with Crippen molar-refractivity contribution >= 4 is 34.8 Å². The van der Waals surface area contributed by atoms with E-state index in [4.69, 9.17) is 32.7 Å². The van der Waals surface area contributed by atoms with Crippen LogP contribution in [0.15, 0.2) is 12.1 Å². The zero-order chi connectivity index (χ0) is 13.1. The number of hydrogen-bond acceptors (Lipinski definition) is 4. The van der Waals surface area contributed by atoms with Gasteiger partial charge >= 0.3 is 0 Å². The lowest BCUT2D eigenvalue weighted by Crippen LogP contribution is -2.39. The van der Waals surface area contributed by atoms with Crippen LogP contribution in [-0.4, -0.2) is 36.9 Å². The van der Waals surface area contributed by atoms with Crippen LogP contribution in [0.4, 0.5) is 5.69 Å². The first-order valence-electron chi connectivity index (χ1n) is 5.26. The second-order valence-corrected chi connectivity index (χ2v) is 4.53. The zero-order valence-electron chi connectivity index (χ0n) is 9.28. The normalized spacial score (nSPS) is 19.6. The molecule has 1 fully saturated rings. The van der Waals surface area contributed by atoms with Gasteiger partial charge in [-0.2, -0.15) is 0 Å². The van der Waals surface area contributed by atoms with Gasteiger partial charge in [-0.3, -0.25) is 4.79 Å². The van der Waals surface area contributed by atoms with Crippen molar-refractivity contribution in [3.63, 3.8) is 0 Å². The number of carbonyl (C=O) groups excluding carboxylic acids is 1. The number of amides is 1. The molecule has 1 aromatic rings. The van der Waals surface area contributed by atoms with Gasteiger partial charge < -0.3 is 19.9 Å². The minimum atomic E-state index is -0.648. The molecule has 0 aromatic heterocycles. The molecule has 5 nitrogen and oxygen atoms in total. The first-order chi connectivity index (χ1) is 8.58. The predicted molar refractivity (Wildman–Crippen MR) is 67.3 cm³/mol. The maximum absolute atomic E-state index is 11.8. The summed E-state index contributed by atoms with van der Waals surface area (Å²) in [6, 6.07) is 2.81. The molecule has 1 aliphatic rings. The number of ether oxygens (including phenoxy) is 2. The maximum Gasteiger partial charge on any atom is 0.255 e. The van der Waals surface area contributed by atoms with Crippen LogP contribution in [0.25, 0.3) is 0 Å². The Morgan fingerprint density at radius 1 is 1.33 bits per heavy atom. The Hall–Kier alpha value is -1.01. The molecule has 0 aliphatic carbocycles. The Balaban J connectivity index is 2.06. The third-order valence-electron chi connectivity index (χ3n) is 2.39. The molecule has 7 heteroatoms. The molecule has 1 atom stereocenters. The maximum atomic E-state index is 11.8. The molecule has 98 valence electrons. The van der Waals surface area contributed by atoms with E-state index >= 15 is 0 Å². The lowest BCUT2D eigenvalue weighted by atomic mass is 10.2. The molecular weight excluding hydrogens is 281 g/mol. The van der Waals surface area contributed by atoms with Crippen molar-refractivity contribution in [2.75, 3.05) is 25.1 Å². The molecule has 1 heterocycles. The zero-order valence-corrected chi connectivity index (χ0v) is 10.8. The van der Waals surface area contributed by atoms with Crippen molar-refractivity contribution in [2.45, 2.75) is 6.10 Å². The Morgan fingerprint density at radius 3 is 2.56 bits per heavy atom. The first-order valence-corrected chi connectivity index (χ1v) is 6.01. The van der Waals surface area contributed by atoms with E-state index in [1.165, 1.54) is 12.1 Å². The van der Waals surface area contributed by atoms with Crippen LogP contribution in [0.5, 0.6) is 5.75 Å². The molecule has 0 saturated carbocycles. The number of anilines is 1.